The Morgan fingerprint density at radius 3 is 1.96 bits per heavy atom. The molecule has 0 unspecified atom stereocenters. The van der Waals surface area contributed by atoms with Gasteiger partial charge in [-0.05, 0) is 37.0 Å². The van der Waals surface area contributed by atoms with E-state index in [9.17, 15) is 14.4 Å². The molecule has 27 heavy (non-hydrogen) atoms. The zero-order chi connectivity index (χ0) is 18.8. The van der Waals surface area contributed by atoms with E-state index in [0.717, 1.165) is 24.8 Å². The molecule has 0 saturated carbocycles. The summed E-state index contributed by atoms with van der Waals surface area (Å²) < 4.78 is 0. The van der Waals surface area contributed by atoms with Crippen LogP contribution < -0.4 is 0 Å². The monoisotopic (exact) mass is 362 g/mol. The molecular weight excluding hydrogens is 340 g/mol. The minimum Gasteiger partial charge on any atom is -0.341 e. The van der Waals surface area contributed by atoms with Gasteiger partial charge in [0.25, 0.3) is 11.8 Å². The summed E-state index contributed by atoms with van der Waals surface area (Å²) in [5, 5.41) is 0. The first-order valence-corrected chi connectivity index (χ1v) is 9.46. The Morgan fingerprint density at radius 2 is 1.37 bits per heavy atom. The number of rotatable bonds is 4. The number of carbonyl (C=O) groups is 3. The van der Waals surface area contributed by atoms with Crippen LogP contribution in [0.3, 0.4) is 0 Å². The van der Waals surface area contributed by atoms with Crippen molar-refractivity contribution in [2.24, 2.45) is 0 Å². The Morgan fingerprint density at radius 1 is 0.815 bits per heavy atom. The van der Waals surface area contributed by atoms with Crippen molar-refractivity contribution in [1.82, 2.24) is 9.80 Å². The Hall–Kier alpha value is -2.95. The Kier molecular flexibility index (Phi) is 4.75. The molecule has 1 fully saturated rings. The molecule has 2 aromatic rings. The van der Waals surface area contributed by atoms with Crippen LogP contribution in [0.4, 0.5) is 0 Å². The van der Waals surface area contributed by atoms with Crippen molar-refractivity contribution in [3.8, 4) is 0 Å². The third-order valence-electron chi connectivity index (χ3n) is 5.36. The molecule has 0 N–H and O–H groups in total. The van der Waals surface area contributed by atoms with Crippen molar-refractivity contribution in [3.05, 3.63) is 71.3 Å². The van der Waals surface area contributed by atoms with Crippen molar-refractivity contribution >= 4 is 17.7 Å². The van der Waals surface area contributed by atoms with Gasteiger partial charge >= 0.3 is 0 Å². The van der Waals surface area contributed by atoms with Crippen LogP contribution in [0.25, 0.3) is 0 Å². The average Bonchev–Trinajstić information content (AvgIpc) is 2.98. The molecule has 2 aliphatic rings. The van der Waals surface area contributed by atoms with E-state index >= 15 is 0 Å². The summed E-state index contributed by atoms with van der Waals surface area (Å²) in [7, 11) is 0. The fraction of sp³-hybridized carbons (Fsp3) is 0.318. The summed E-state index contributed by atoms with van der Waals surface area (Å²) in [6, 6.07) is 15.5. The fourth-order valence-electron chi connectivity index (χ4n) is 3.94. The number of carbonyl (C=O) groups excluding carboxylic acids is 3. The molecule has 0 bridgehead atoms. The van der Waals surface area contributed by atoms with E-state index in [1.54, 1.807) is 29.2 Å². The van der Waals surface area contributed by atoms with Gasteiger partial charge in [0.1, 0.15) is 6.04 Å². The van der Waals surface area contributed by atoms with Gasteiger partial charge < -0.3 is 4.90 Å². The number of likely N-dealkylation sites (tertiary alicyclic amines) is 1. The predicted octanol–water partition coefficient (Wildman–Crippen LogP) is 2.91. The minimum absolute atomic E-state index is 0.131. The molecule has 2 aliphatic heterocycles. The highest BCUT2D eigenvalue weighted by Crippen LogP contribution is 2.27. The number of nitrogens with zero attached hydrogens (tertiary/aromatic N) is 2. The van der Waals surface area contributed by atoms with E-state index in [1.165, 1.54) is 4.90 Å². The maximum absolute atomic E-state index is 13.3. The summed E-state index contributed by atoms with van der Waals surface area (Å²) in [4.78, 5) is 42.2. The number of fused-ring (bicyclic) bond motifs is 1. The number of benzene rings is 2. The molecule has 2 heterocycles. The Labute approximate surface area is 158 Å². The lowest BCUT2D eigenvalue weighted by molar-refractivity contribution is -0.136. The number of piperidine rings is 1. The summed E-state index contributed by atoms with van der Waals surface area (Å²) >= 11 is 0. The second-order valence-electron chi connectivity index (χ2n) is 7.12. The van der Waals surface area contributed by atoms with Gasteiger partial charge in [-0.25, -0.2) is 0 Å². The van der Waals surface area contributed by atoms with Crippen molar-refractivity contribution in [1.29, 1.82) is 0 Å². The van der Waals surface area contributed by atoms with Crippen LogP contribution in [-0.2, 0) is 11.2 Å². The molecule has 3 amide bonds. The van der Waals surface area contributed by atoms with Gasteiger partial charge in [0.2, 0.25) is 5.91 Å². The first-order valence-electron chi connectivity index (χ1n) is 9.46. The van der Waals surface area contributed by atoms with Gasteiger partial charge in [0.15, 0.2) is 0 Å². The van der Waals surface area contributed by atoms with Gasteiger partial charge in [-0.15, -0.1) is 0 Å². The second kappa shape index (κ2) is 7.35. The van der Waals surface area contributed by atoms with Crippen molar-refractivity contribution in [2.75, 3.05) is 13.1 Å². The molecule has 1 atom stereocenters. The van der Waals surface area contributed by atoms with Gasteiger partial charge in [-0.2, -0.15) is 0 Å². The summed E-state index contributed by atoms with van der Waals surface area (Å²) in [5.41, 5.74) is 1.70. The molecule has 2 aromatic carbocycles. The van der Waals surface area contributed by atoms with Crippen LogP contribution in [0.2, 0.25) is 0 Å². The standard InChI is InChI=1S/C22H22N2O3/c25-20-17-11-5-6-12-18(17)21(26)24(20)19(15-16-9-3-1-4-10-16)22(27)23-13-7-2-8-14-23/h1,3-6,9-12,19H,2,7-8,13-15H2/t19-/m0/s1. The molecule has 0 radical (unpaired) electrons. The molecule has 0 aromatic heterocycles. The first-order chi connectivity index (χ1) is 13.2. The maximum atomic E-state index is 13.3. The van der Waals surface area contributed by atoms with Crippen LogP contribution in [0, 0.1) is 0 Å². The van der Waals surface area contributed by atoms with E-state index < -0.39 is 6.04 Å². The second-order valence-corrected chi connectivity index (χ2v) is 7.12. The van der Waals surface area contributed by atoms with Gasteiger partial charge in [-0.3, -0.25) is 19.3 Å². The smallest absolute Gasteiger partial charge is 0.262 e. The lowest BCUT2D eigenvalue weighted by Crippen LogP contribution is -2.53. The number of hydrogen-bond donors (Lipinski definition) is 0. The molecule has 0 aliphatic carbocycles. The van der Waals surface area contributed by atoms with Crippen LogP contribution in [0.1, 0.15) is 45.5 Å². The lowest BCUT2D eigenvalue weighted by atomic mass is 10.0. The maximum Gasteiger partial charge on any atom is 0.262 e. The molecular formula is C22H22N2O3. The van der Waals surface area contributed by atoms with Crippen LogP contribution in [0.15, 0.2) is 54.6 Å². The van der Waals surface area contributed by atoms with E-state index in [-0.39, 0.29) is 17.7 Å². The average molecular weight is 362 g/mol. The zero-order valence-corrected chi connectivity index (χ0v) is 15.1. The van der Waals surface area contributed by atoms with Crippen LogP contribution in [-0.4, -0.2) is 46.7 Å². The summed E-state index contributed by atoms with van der Waals surface area (Å²) in [5.74, 6) is -0.878. The molecule has 1 saturated heterocycles. The normalized spacial score (nSPS) is 17.8. The van der Waals surface area contributed by atoms with Gasteiger partial charge in [0, 0.05) is 19.5 Å². The third-order valence-corrected chi connectivity index (χ3v) is 5.36. The van der Waals surface area contributed by atoms with Crippen molar-refractivity contribution < 1.29 is 14.4 Å². The van der Waals surface area contributed by atoms with Crippen molar-refractivity contribution in [2.45, 2.75) is 31.7 Å². The topological polar surface area (TPSA) is 57.7 Å². The molecule has 138 valence electrons. The summed E-state index contributed by atoms with van der Waals surface area (Å²) in [6.07, 6.45) is 3.37. The van der Waals surface area contributed by atoms with Gasteiger partial charge in [-0.1, -0.05) is 42.5 Å². The SMILES string of the molecule is O=C([C@H](Cc1ccccc1)N1C(=O)c2ccccc2C1=O)N1CCCCC1. The largest absolute Gasteiger partial charge is 0.341 e. The third kappa shape index (κ3) is 3.25. The van der Waals surface area contributed by atoms with E-state index in [0.29, 0.717) is 30.6 Å². The zero-order valence-electron chi connectivity index (χ0n) is 15.1. The van der Waals surface area contributed by atoms with Crippen LogP contribution in [0.5, 0.6) is 0 Å². The number of hydrogen-bond acceptors (Lipinski definition) is 3. The fourth-order valence-corrected chi connectivity index (χ4v) is 3.94. The van der Waals surface area contributed by atoms with Crippen LogP contribution >= 0.6 is 0 Å². The van der Waals surface area contributed by atoms with E-state index in [1.807, 2.05) is 30.3 Å². The highest BCUT2D eigenvalue weighted by Gasteiger charge is 2.43. The molecule has 4 rings (SSSR count). The molecule has 5 heteroatoms. The Balaban J connectivity index is 1.68. The highest BCUT2D eigenvalue weighted by molar-refractivity contribution is 6.22. The van der Waals surface area contributed by atoms with E-state index in [2.05, 4.69) is 0 Å². The summed E-state index contributed by atoms with van der Waals surface area (Å²) in [6.45, 7) is 1.38. The lowest BCUT2D eigenvalue weighted by Gasteiger charge is -2.33. The molecule has 5 nitrogen and oxygen atoms in total. The predicted molar refractivity (Wildman–Crippen MR) is 101 cm³/mol. The van der Waals surface area contributed by atoms with Gasteiger partial charge in [0.05, 0.1) is 11.1 Å². The Bertz CT molecular complexity index is 837. The van der Waals surface area contributed by atoms with E-state index in [4.69, 9.17) is 0 Å². The number of amides is 3. The quantitative estimate of drug-likeness (QED) is 0.786. The minimum atomic E-state index is -0.807. The first kappa shape index (κ1) is 17.5. The van der Waals surface area contributed by atoms with Crippen molar-refractivity contribution in [3.63, 3.8) is 0 Å². The molecule has 0 spiro atoms. The highest BCUT2D eigenvalue weighted by atomic mass is 16.2. The number of imide groups is 1.